The van der Waals surface area contributed by atoms with E-state index in [2.05, 4.69) is 53.0 Å². The van der Waals surface area contributed by atoms with E-state index in [1.54, 1.807) is 0 Å². The Balaban J connectivity index is 1.90. The Morgan fingerprint density at radius 1 is 1.37 bits per heavy atom. The molecule has 0 radical (unpaired) electrons. The molecule has 3 nitrogen and oxygen atoms in total. The van der Waals surface area contributed by atoms with Crippen LogP contribution in [0.3, 0.4) is 0 Å². The van der Waals surface area contributed by atoms with E-state index in [0.29, 0.717) is 6.04 Å². The molecule has 0 aromatic carbocycles. The third-order valence-electron chi connectivity index (χ3n) is 2.82. The van der Waals surface area contributed by atoms with Crippen LogP contribution in [0.2, 0.25) is 0 Å². The second-order valence-electron chi connectivity index (χ2n) is 4.69. The zero-order chi connectivity index (χ0) is 13.5. The highest BCUT2D eigenvalue weighted by Gasteiger charge is 2.05. The van der Waals surface area contributed by atoms with Gasteiger partial charge in [-0.05, 0) is 30.9 Å². The lowest BCUT2D eigenvalue weighted by atomic mass is 10.2. The van der Waals surface area contributed by atoms with Gasteiger partial charge >= 0.3 is 0 Å². The number of anilines is 2. The van der Waals surface area contributed by atoms with Crippen molar-refractivity contribution >= 4 is 22.8 Å². The van der Waals surface area contributed by atoms with Gasteiger partial charge in [0.25, 0.3) is 0 Å². The number of nitrogens with one attached hydrogen (secondary N) is 2. The molecule has 2 rings (SSSR count). The molecule has 1 atom stereocenters. The molecule has 0 aliphatic heterocycles. The monoisotopic (exact) mass is 275 g/mol. The first-order valence-electron chi connectivity index (χ1n) is 6.76. The molecule has 2 heterocycles. The number of thiophene rings is 1. The predicted octanol–water partition coefficient (Wildman–Crippen LogP) is 4.01. The van der Waals surface area contributed by atoms with Crippen molar-refractivity contribution in [2.75, 3.05) is 17.2 Å². The number of aromatic nitrogens is 1. The maximum atomic E-state index is 4.31. The molecule has 2 aromatic rings. The molecule has 2 aromatic heterocycles. The van der Waals surface area contributed by atoms with Crippen LogP contribution in [0.5, 0.6) is 0 Å². The fourth-order valence-electron chi connectivity index (χ4n) is 1.94. The van der Waals surface area contributed by atoms with Gasteiger partial charge in [0.1, 0.15) is 5.82 Å². The summed E-state index contributed by atoms with van der Waals surface area (Å²) >= 11 is 1.81. The van der Waals surface area contributed by atoms with Crippen molar-refractivity contribution in [2.45, 2.75) is 32.7 Å². The molecular formula is C15H21N3S. The average Bonchev–Trinajstić information content (AvgIpc) is 2.89. The van der Waals surface area contributed by atoms with Crippen LogP contribution < -0.4 is 10.6 Å². The first-order chi connectivity index (χ1) is 9.28. The standard InChI is InChI=1S/C15H21N3S/c1-3-7-16-15-11-13(6-8-17-15)18-12(2)10-14-5-4-9-19-14/h4-6,8-9,11-12H,3,7,10H2,1-2H3,(H2,16,17,18). The summed E-state index contributed by atoms with van der Waals surface area (Å²) in [6.07, 6.45) is 4.00. The SMILES string of the molecule is CCCNc1cc(NC(C)Cc2cccs2)ccn1. The molecule has 0 aliphatic rings. The minimum absolute atomic E-state index is 0.417. The van der Waals surface area contributed by atoms with Crippen molar-refractivity contribution in [3.63, 3.8) is 0 Å². The molecule has 0 amide bonds. The van der Waals surface area contributed by atoms with Crippen molar-refractivity contribution in [1.29, 1.82) is 0 Å². The lowest BCUT2D eigenvalue weighted by Gasteiger charge is -2.15. The van der Waals surface area contributed by atoms with Gasteiger partial charge in [0.15, 0.2) is 0 Å². The van der Waals surface area contributed by atoms with E-state index in [9.17, 15) is 0 Å². The van der Waals surface area contributed by atoms with E-state index in [1.807, 2.05) is 23.6 Å². The molecule has 0 fully saturated rings. The van der Waals surface area contributed by atoms with Crippen LogP contribution in [0.25, 0.3) is 0 Å². The molecule has 1 unspecified atom stereocenters. The summed E-state index contributed by atoms with van der Waals surface area (Å²) in [5, 5.41) is 8.95. The molecule has 2 N–H and O–H groups in total. The number of pyridine rings is 1. The van der Waals surface area contributed by atoms with E-state index >= 15 is 0 Å². The Labute approximate surface area is 119 Å². The van der Waals surface area contributed by atoms with Crippen molar-refractivity contribution in [2.24, 2.45) is 0 Å². The summed E-state index contributed by atoms with van der Waals surface area (Å²) in [4.78, 5) is 5.73. The smallest absolute Gasteiger partial charge is 0.127 e. The van der Waals surface area contributed by atoms with Crippen LogP contribution in [0.1, 0.15) is 25.1 Å². The highest BCUT2D eigenvalue weighted by molar-refractivity contribution is 7.09. The van der Waals surface area contributed by atoms with Gasteiger partial charge in [-0.15, -0.1) is 11.3 Å². The fraction of sp³-hybridized carbons (Fsp3) is 0.400. The molecule has 4 heteroatoms. The van der Waals surface area contributed by atoms with Crippen LogP contribution in [0, 0.1) is 0 Å². The Morgan fingerprint density at radius 2 is 2.26 bits per heavy atom. The second-order valence-corrected chi connectivity index (χ2v) is 5.72. The van der Waals surface area contributed by atoms with Crippen molar-refractivity contribution in [1.82, 2.24) is 4.98 Å². The minimum atomic E-state index is 0.417. The van der Waals surface area contributed by atoms with E-state index in [-0.39, 0.29) is 0 Å². The molecule has 0 spiro atoms. The molecule has 0 bridgehead atoms. The van der Waals surface area contributed by atoms with E-state index < -0.39 is 0 Å². The molecule has 102 valence electrons. The zero-order valence-electron chi connectivity index (χ0n) is 11.5. The highest BCUT2D eigenvalue weighted by atomic mass is 32.1. The highest BCUT2D eigenvalue weighted by Crippen LogP contribution is 2.16. The topological polar surface area (TPSA) is 37.0 Å². The summed E-state index contributed by atoms with van der Waals surface area (Å²) in [7, 11) is 0. The van der Waals surface area contributed by atoms with Crippen LogP contribution in [-0.2, 0) is 6.42 Å². The summed E-state index contributed by atoms with van der Waals surface area (Å²) in [5.41, 5.74) is 1.12. The Kier molecular flexibility index (Phi) is 5.21. The third kappa shape index (κ3) is 4.56. The van der Waals surface area contributed by atoms with Crippen molar-refractivity contribution in [3.05, 3.63) is 40.7 Å². The van der Waals surface area contributed by atoms with Gasteiger partial charge in [0, 0.05) is 41.8 Å². The normalized spacial score (nSPS) is 12.1. The third-order valence-corrected chi connectivity index (χ3v) is 3.72. The van der Waals surface area contributed by atoms with Crippen molar-refractivity contribution in [3.8, 4) is 0 Å². The largest absolute Gasteiger partial charge is 0.382 e. The zero-order valence-corrected chi connectivity index (χ0v) is 12.3. The summed E-state index contributed by atoms with van der Waals surface area (Å²) < 4.78 is 0. The van der Waals surface area contributed by atoms with E-state index in [0.717, 1.165) is 30.9 Å². The van der Waals surface area contributed by atoms with Gasteiger partial charge in [-0.1, -0.05) is 13.0 Å². The molecule has 0 saturated heterocycles. The quantitative estimate of drug-likeness (QED) is 0.801. The number of hydrogen-bond acceptors (Lipinski definition) is 4. The first kappa shape index (κ1) is 13.9. The Morgan fingerprint density at radius 3 is 3.00 bits per heavy atom. The fourth-order valence-corrected chi connectivity index (χ4v) is 2.77. The van der Waals surface area contributed by atoms with Gasteiger partial charge in [0.05, 0.1) is 0 Å². The van der Waals surface area contributed by atoms with E-state index in [1.165, 1.54) is 4.88 Å². The Bertz CT molecular complexity index is 482. The van der Waals surface area contributed by atoms with Gasteiger partial charge in [-0.25, -0.2) is 4.98 Å². The average molecular weight is 275 g/mol. The van der Waals surface area contributed by atoms with Gasteiger partial charge in [0.2, 0.25) is 0 Å². The molecular weight excluding hydrogens is 254 g/mol. The first-order valence-corrected chi connectivity index (χ1v) is 7.64. The minimum Gasteiger partial charge on any atom is -0.382 e. The molecule has 19 heavy (non-hydrogen) atoms. The van der Waals surface area contributed by atoms with Crippen LogP contribution in [-0.4, -0.2) is 17.6 Å². The maximum Gasteiger partial charge on any atom is 0.127 e. The number of hydrogen-bond donors (Lipinski definition) is 2. The van der Waals surface area contributed by atoms with Gasteiger partial charge in [-0.3, -0.25) is 0 Å². The van der Waals surface area contributed by atoms with E-state index in [4.69, 9.17) is 0 Å². The van der Waals surface area contributed by atoms with Crippen LogP contribution in [0.4, 0.5) is 11.5 Å². The lowest BCUT2D eigenvalue weighted by Crippen LogP contribution is -2.17. The predicted molar refractivity (Wildman–Crippen MR) is 84.1 cm³/mol. The number of nitrogens with zero attached hydrogens (tertiary/aromatic N) is 1. The van der Waals surface area contributed by atoms with Gasteiger partial charge in [-0.2, -0.15) is 0 Å². The second kappa shape index (κ2) is 7.14. The summed E-state index contributed by atoms with van der Waals surface area (Å²) in [6, 6.07) is 8.79. The molecule has 0 aliphatic carbocycles. The Hall–Kier alpha value is -1.55. The summed E-state index contributed by atoms with van der Waals surface area (Å²) in [6.45, 7) is 5.32. The lowest BCUT2D eigenvalue weighted by molar-refractivity contribution is 0.800. The number of rotatable bonds is 7. The van der Waals surface area contributed by atoms with Gasteiger partial charge < -0.3 is 10.6 Å². The van der Waals surface area contributed by atoms with Crippen LogP contribution >= 0.6 is 11.3 Å². The van der Waals surface area contributed by atoms with Crippen LogP contribution in [0.15, 0.2) is 35.8 Å². The van der Waals surface area contributed by atoms with Crippen molar-refractivity contribution < 1.29 is 0 Å². The molecule has 0 saturated carbocycles. The maximum absolute atomic E-state index is 4.31. The summed E-state index contributed by atoms with van der Waals surface area (Å²) in [5.74, 6) is 0.940.